The van der Waals surface area contributed by atoms with Gasteiger partial charge in [-0.15, -0.1) is 0 Å². The van der Waals surface area contributed by atoms with Crippen molar-refractivity contribution in [2.24, 2.45) is 0 Å². The molecule has 2 atom stereocenters. The summed E-state index contributed by atoms with van der Waals surface area (Å²) in [6.07, 6.45) is 5.40. The van der Waals surface area contributed by atoms with Gasteiger partial charge >= 0.3 is 0 Å². The van der Waals surface area contributed by atoms with E-state index in [0.717, 1.165) is 52.0 Å². The van der Waals surface area contributed by atoms with Gasteiger partial charge in [0.1, 0.15) is 5.82 Å². The zero-order valence-electron chi connectivity index (χ0n) is 13.3. The van der Waals surface area contributed by atoms with Gasteiger partial charge < -0.3 is 10.0 Å². The Morgan fingerprint density at radius 3 is 2.36 bits per heavy atom. The minimum Gasteiger partial charge on any atom is -0.391 e. The van der Waals surface area contributed by atoms with E-state index in [2.05, 4.69) is 9.80 Å². The van der Waals surface area contributed by atoms with E-state index < -0.39 is 0 Å². The van der Waals surface area contributed by atoms with Gasteiger partial charge in [0.15, 0.2) is 0 Å². The van der Waals surface area contributed by atoms with E-state index in [1.807, 2.05) is 12.1 Å². The third-order valence-corrected chi connectivity index (χ3v) is 5.20. The molecule has 1 saturated heterocycles. The van der Waals surface area contributed by atoms with Crippen LogP contribution in [0.15, 0.2) is 24.3 Å². The van der Waals surface area contributed by atoms with Crippen LogP contribution in [0, 0.1) is 5.82 Å². The molecule has 0 spiro atoms. The highest BCUT2D eigenvalue weighted by Gasteiger charge is 2.30. The number of rotatable bonds is 4. The molecule has 122 valence electrons. The average molecular weight is 306 g/mol. The van der Waals surface area contributed by atoms with Crippen molar-refractivity contribution in [1.29, 1.82) is 0 Å². The van der Waals surface area contributed by atoms with Gasteiger partial charge in [-0.05, 0) is 37.0 Å². The molecule has 2 aliphatic rings. The van der Waals surface area contributed by atoms with Crippen LogP contribution in [0.4, 0.5) is 4.39 Å². The maximum atomic E-state index is 12.9. The van der Waals surface area contributed by atoms with Crippen molar-refractivity contribution in [3.8, 4) is 0 Å². The highest BCUT2D eigenvalue weighted by atomic mass is 19.1. The highest BCUT2D eigenvalue weighted by Crippen LogP contribution is 2.24. The second kappa shape index (κ2) is 7.53. The number of hydrogen-bond donors (Lipinski definition) is 1. The van der Waals surface area contributed by atoms with E-state index in [0.29, 0.717) is 6.04 Å². The van der Waals surface area contributed by atoms with Crippen molar-refractivity contribution in [3.63, 3.8) is 0 Å². The molecule has 1 aromatic carbocycles. The minimum absolute atomic E-state index is 0.125. The first-order valence-corrected chi connectivity index (χ1v) is 8.61. The maximum absolute atomic E-state index is 12.9. The number of hydrogen-bond acceptors (Lipinski definition) is 3. The molecular weight excluding hydrogens is 279 g/mol. The van der Waals surface area contributed by atoms with Crippen LogP contribution < -0.4 is 0 Å². The van der Waals surface area contributed by atoms with Crippen molar-refractivity contribution in [1.82, 2.24) is 9.80 Å². The van der Waals surface area contributed by atoms with E-state index in [4.69, 9.17) is 0 Å². The molecule has 2 fully saturated rings. The smallest absolute Gasteiger partial charge is 0.123 e. The number of nitrogens with zero attached hydrogens (tertiary/aromatic N) is 2. The zero-order valence-corrected chi connectivity index (χ0v) is 13.3. The maximum Gasteiger partial charge on any atom is 0.123 e. The van der Waals surface area contributed by atoms with Gasteiger partial charge in [-0.2, -0.15) is 0 Å². The fourth-order valence-electron chi connectivity index (χ4n) is 3.77. The number of aliphatic hydroxyl groups is 1. The topological polar surface area (TPSA) is 26.7 Å². The SMILES string of the molecule is O[C@@H]1CCCC[C@@H]1N1CCN(CCc2ccc(F)cc2)CC1. The van der Waals surface area contributed by atoms with Crippen molar-refractivity contribution < 1.29 is 9.50 Å². The molecule has 0 amide bonds. The Morgan fingerprint density at radius 1 is 1.00 bits per heavy atom. The zero-order chi connectivity index (χ0) is 15.4. The van der Waals surface area contributed by atoms with Gasteiger partial charge in [-0.3, -0.25) is 4.90 Å². The van der Waals surface area contributed by atoms with E-state index >= 15 is 0 Å². The summed E-state index contributed by atoms with van der Waals surface area (Å²) in [6.45, 7) is 5.30. The molecule has 0 unspecified atom stereocenters. The summed E-state index contributed by atoms with van der Waals surface area (Å²) in [5.41, 5.74) is 1.20. The molecule has 0 bridgehead atoms. The normalized spacial score (nSPS) is 27.9. The molecule has 3 nitrogen and oxygen atoms in total. The largest absolute Gasteiger partial charge is 0.391 e. The fraction of sp³-hybridized carbons (Fsp3) is 0.667. The average Bonchev–Trinajstić information content (AvgIpc) is 2.55. The first-order chi connectivity index (χ1) is 10.7. The quantitative estimate of drug-likeness (QED) is 0.924. The molecule has 22 heavy (non-hydrogen) atoms. The molecule has 1 aliphatic carbocycles. The van der Waals surface area contributed by atoms with Gasteiger partial charge in [-0.1, -0.05) is 25.0 Å². The first kappa shape index (κ1) is 15.9. The fourth-order valence-corrected chi connectivity index (χ4v) is 3.77. The van der Waals surface area contributed by atoms with Crippen molar-refractivity contribution in [3.05, 3.63) is 35.6 Å². The van der Waals surface area contributed by atoms with Crippen molar-refractivity contribution >= 4 is 0 Å². The molecule has 0 radical (unpaired) electrons. The Hall–Kier alpha value is -0.970. The monoisotopic (exact) mass is 306 g/mol. The predicted molar refractivity (Wildman–Crippen MR) is 86.4 cm³/mol. The summed E-state index contributed by atoms with van der Waals surface area (Å²) in [5, 5.41) is 10.2. The third kappa shape index (κ3) is 4.06. The van der Waals surface area contributed by atoms with Gasteiger partial charge in [0.05, 0.1) is 6.10 Å². The summed E-state index contributed by atoms with van der Waals surface area (Å²) < 4.78 is 12.9. The standard InChI is InChI=1S/C18H27FN2O/c19-16-7-5-15(6-8-16)9-10-20-11-13-21(14-12-20)17-3-1-2-4-18(17)22/h5-8,17-18,22H,1-4,9-14H2/t17-,18+/m0/s1. The lowest BCUT2D eigenvalue weighted by Crippen LogP contribution is -2.54. The second-order valence-electron chi connectivity index (χ2n) is 6.67. The molecule has 4 heteroatoms. The van der Waals surface area contributed by atoms with E-state index in [1.165, 1.54) is 30.5 Å². The number of benzene rings is 1. The van der Waals surface area contributed by atoms with Crippen LogP contribution in [0.1, 0.15) is 31.2 Å². The molecule has 1 aliphatic heterocycles. The third-order valence-electron chi connectivity index (χ3n) is 5.20. The summed E-state index contributed by atoms with van der Waals surface area (Å²) in [6, 6.07) is 7.22. The van der Waals surface area contributed by atoms with Crippen LogP contribution in [-0.4, -0.2) is 59.8 Å². The minimum atomic E-state index is -0.164. The Morgan fingerprint density at radius 2 is 1.68 bits per heavy atom. The molecule has 1 aromatic rings. The summed E-state index contributed by atoms with van der Waals surface area (Å²) >= 11 is 0. The van der Waals surface area contributed by atoms with Crippen LogP contribution in [-0.2, 0) is 6.42 Å². The van der Waals surface area contributed by atoms with Crippen LogP contribution in [0.2, 0.25) is 0 Å². The Balaban J connectivity index is 1.42. The molecule has 0 aromatic heterocycles. The summed E-state index contributed by atoms with van der Waals surface area (Å²) in [7, 11) is 0. The van der Waals surface area contributed by atoms with Gasteiger partial charge in [0.2, 0.25) is 0 Å². The number of piperazine rings is 1. The van der Waals surface area contributed by atoms with E-state index in [9.17, 15) is 9.50 Å². The molecular formula is C18H27FN2O. The molecule has 3 rings (SSSR count). The van der Waals surface area contributed by atoms with Crippen molar-refractivity contribution in [2.45, 2.75) is 44.2 Å². The summed E-state index contributed by atoms with van der Waals surface area (Å²) in [5.74, 6) is -0.164. The highest BCUT2D eigenvalue weighted by molar-refractivity contribution is 5.16. The lowest BCUT2D eigenvalue weighted by atomic mass is 9.91. The number of aliphatic hydroxyl groups excluding tert-OH is 1. The molecule has 1 heterocycles. The Bertz CT molecular complexity index is 457. The first-order valence-electron chi connectivity index (χ1n) is 8.61. The van der Waals surface area contributed by atoms with E-state index in [-0.39, 0.29) is 11.9 Å². The summed E-state index contributed by atoms with van der Waals surface area (Å²) in [4.78, 5) is 4.97. The van der Waals surface area contributed by atoms with Crippen LogP contribution in [0.25, 0.3) is 0 Å². The molecule has 1 N–H and O–H groups in total. The Kier molecular flexibility index (Phi) is 5.45. The van der Waals surface area contributed by atoms with Gasteiger partial charge in [0, 0.05) is 38.8 Å². The van der Waals surface area contributed by atoms with Crippen LogP contribution in [0.3, 0.4) is 0 Å². The van der Waals surface area contributed by atoms with Gasteiger partial charge in [0.25, 0.3) is 0 Å². The van der Waals surface area contributed by atoms with E-state index in [1.54, 1.807) is 0 Å². The lowest BCUT2D eigenvalue weighted by molar-refractivity contribution is -0.00329. The lowest BCUT2D eigenvalue weighted by Gasteiger charge is -2.42. The number of halogens is 1. The van der Waals surface area contributed by atoms with Crippen LogP contribution >= 0.6 is 0 Å². The van der Waals surface area contributed by atoms with Crippen LogP contribution in [0.5, 0.6) is 0 Å². The van der Waals surface area contributed by atoms with Gasteiger partial charge in [-0.25, -0.2) is 4.39 Å². The molecule has 1 saturated carbocycles. The second-order valence-corrected chi connectivity index (χ2v) is 6.67. The predicted octanol–water partition coefficient (Wildman–Crippen LogP) is 2.29. The van der Waals surface area contributed by atoms with Crippen molar-refractivity contribution in [2.75, 3.05) is 32.7 Å². The Labute approximate surface area is 132 Å².